The Bertz CT molecular complexity index is 579. The van der Waals surface area contributed by atoms with Gasteiger partial charge < -0.3 is 9.84 Å². The molecule has 0 saturated heterocycles. The normalized spacial score (nSPS) is 13.8. The summed E-state index contributed by atoms with van der Waals surface area (Å²) >= 11 is 3.45. The van der Waals surface area contributed by atoms with E-state index in [1.807, 2.05) is 48.5 Å². The summed E-state index contributed by atoms with van der Waals surface area (Å²) < 4.78 is 6.70. The standard InChI is InChI=1S/C17H19BrO2/c1-3-11-20-16-10-5-4-9-15(16)17(2,19)13-7-6-8-14(18)12-13/h4-10,12,19H,3,11H2,1-2H3. The molecule has 1 N–H and O–H groups in total. The Morgan fingerprint density at radius 1 is 1.15 bits per heavy atom. The molecule has 0 aliphatic heterocycles. The molecule has 0 radical (unpaired) electrons. The predicted molar refractivity (Wildman–Crippen MR) is 85.0 cm³/mol. The van der Waals surface area contributed by atoms with Gasteiger partial charge in [0, 0.05) is 10.0 Å². The molecule has 1 unspecified atom stereocenters. The number of halogens is 1. The minimum atomic E-state index is -1.09. The number of hydrogen-bond acceptors (Lipinski definition) is 2. The largest absolute Gasteiger partial charge is 0.493 e. The van der Waals surface area contributed by atoms with Gasteiger partial charge >= 0.3 is 0 Å². The van der Waals surface area contributed by atoms with E-state index in [0.29, 0.717) is 6.61 Å². The lowest BCUT2D eigenvalue weighted by molar-refractivity contribution is 0.0977. The second-order valence-electron chi connectivity index (χ2n) is 4.93. The van der Waals surface area contributed by atoms with Crippen LogP contribution in [-0.2, 0) is 5.60 Å². The lowest BCUT2D eigenvalue weighted by Gasteiger charge is -2.27. The van der Waals surface area contributed by atoms with Crippen LogP contribution in [0.1, 0.15) is 31.4 Å². The van der Waals surface area contributed by atoms with Crippen molar-refractivity contribution in [3.05, 3.63) is 64.1 Å². The van der Waals surface area contributed by atoms with Crippen LogP contribution in [0, 0.1) is 0 Å². The van der Waals surface area contributed by atoms with Crippen molar-refractivity contribution in [1.29, 1.82) is 0 Å². The van der Waals surface area contributed by atoms with Gasteiger partial charge in [-0.3, -0.25) is 0 Å². The van der Waals surface area contributed by atoms with Gasteiger partial charge in [-0.1, -0.05) is 53.2 Å². The first-order valence-electron chi connectivity index (χ1n) is 6.76. The zero-order chi connectivity index (χ0) is 14.6. The highest BCUT2D eigenvalue weighted by Crippen LogP contribution is 2.36. The molecular formula is C17H19BrO2. The summed E-state index contributed by atoms with van der Waals surface area (Å²) in [4.78, 5) is 0. The fourth-order valence-electron chi connectivity index (χ4n) is 2.15. The van der Waals surface area contributed by atoms with Gasteiger partial charge in [0.15, 0.2) is 0 Å². The van der Waals surface area contributed by atoms with Crippen LogP contribution in [0.2, 0.25) is 0 Å². The summed E-state index contributed by atoms with van der Waals surface area (Å²) in [7, 11) is 0. The Labute approximate surface area is 128 Å². The van der Waals surface area contributed by atoms with Gasteiger partial charge in [0.25, 0.3) is 0 Å². The van der Waals surface area contributed by atoms with Crippen molar-refractivity contribution in [3.63, 3.8) is 0 Å². The highest BCUT2D eigenvalue weighted by Gasteiger charge is 2.29. The average molecular weight is 335 g/mol. The molecule has 2 aromatic carbocycles. The zero-order valence-corrected chi connectivity index (χ0v) is 13.4. The van der Waals surface area contributed by atoms with E-state index in [-0.39, 0.29) is 0 Å². The summed E-state index contributed by atoms with van der Waals surface area (Å²) in [5.74, 6) is 0.735. The van der Waals surface area contributed by atoms with Gasteiger partial charge in [0.2, 0.25) is 0 Å². The Morgan fingerprint density at radius 2 is 1.90 bits per heavy atom. The molecule has 0 aliphatic carbocycles. The first-order chi connectivity index (χ1) is 9.55. The molecular weight excluding hydrogens is 316 g/mol. The summed E-state index contributed by atoms with van der Waals surface area (Å²) in [6.45, 7) is 4.50. The number of para-hydroxylation sites is 1. The summed E-state index contributed by atoms with van der Waals surface area (Å²) in [5.41, 5.74) is 0.527. The second-order valence-corrected chi connectivity index (χ2v) is 5.84. The first-order valence-corrected chi connectivity index (χ1v) is 7.55. The van der Waals surface area contributed by atoms with Gasteiger partial charge in [-0.15, -0.1) is 0 Å². The Balaban J connectivity index is 2.43. The number of benzene rings is 2. The molecule has 106 valence electrons. The van der Waals surface area contributed by atoms with E-state index in [0.717, 1.165) is 27.8 Å². The minimum absolute atomic E-state index is 0.644. The molecule has 0 spiro atoms. The maximum absolute atomic E-state index is 11.0. The summed E-state index contributed by atoms with van der Waals surface area (Å²) in [6.07, 6.45) is 0.938. The number of hydrogen-bond donors (Lipinski definition) is 1. The fraction of sp³-hybridized carbons (Fsp3) is 0.294. The first kappa shape index (κ1) is 15.1. The predicted octanol–water partition coefficient (Wildman–Crippen LogP) is 4.49. The van der Waals surface area contributed by atoms with Gasteiger partial charge in [-0.05, 0) is 37.1 Å². The van der Waals surface area contributed by atoms with Crippen LogP contribution in [-0.4, -0.2) is 11.7 Å². The van der Waals surface area contributed by atoms with Crippen LogP contribution >= 0.6 is 15.9 Å². The van der Waals surface area contributed by atoms with Crippen molar-refractivity contribution in [2.75, 3.05) is 6.61 Å². The smallest absolute Gasteiger partial charge is 0.125 e. The van der Waals surface area contributed by atoms with Gasteiger partial charge in [0.05, 0.1) is 6.61 Å². The third-order valence-corrected chi connectivity index (χ3v) is 3.75. The van der Waals surface area contributed by atoms with Crippen LogP contribution in [0.25, 0.3) is 0 Å². The quantitative estimate of drug-likeness (QED) is 0.872. The van der Waals surface area contributed by atoms with Gasteiger partial charge in [-0.2, -0.15) is 0 Å². The average Bonchev–Trinajstić information content (AvgIpc) is 2.45. The lowest BCUT2D eigenvalue weighted by atomic mass is 9.87. The van der Waals surface area contributed by atoms with Crippen molar-refractivity contribution in [1.82, 2.24) is 0 Å². The molecule has 2 rings (SSSR count). The number of rotatable bonds is 5. The van der Waals surface area contributed by atoms with E-state index < -0.39 is 5.60 Å². The molecule has 20 heavy (non-hydrogen) atoms. The number of ether oxygens (including phenoxy) is 1. The topological polar surface area (TPSA) is 29.5 Å². The maximum atomic E-state index is 11.0. The Kier molecular flexibility index (Phi) is 4.84. The molecule has 2 aromatic rings. The Morgan fingerprint density at radius 3 is 2.60 bits per heavy atom. The molecule has 0 aliphatic rings. The van der Waals surface area contributed by atoms with Gasteiger partial charge in [-0.25, -0.2) is 0 Å². The molecule has 0 amide bonds. The van der Waals surface area contributed by atoms with Crippen LogP contribution < -0.4 is 4.74 Å². The van der Waals surface area contributed by atoms with E-state index in [4.69, 9.17) is 4.74 Å². The molecule has 0 aromatic heterocycles. The van der Waals surface area contributed by atoms with E-state index in [1.54, 1.807) is 6.92 Å². The fourth-order valence-corrected chi connectivity index (χ4v) is 2.55. The van der Waals surface area contributed by atoms with Crippen LogP contribution in [0.4, 0.5) is 0 Å². The summed E-state index contributed by atoms with van der Waals surface area (Å²) in [5, 5.41) is 11.0. The van der Waals surface area contributed by atoms with E-state index in [9.17, 15) is 5.11 Å². The molecule has 2 nitrogen and oxygen atoms in total. The molecule has 0 fully saturated rings. The van der Waals surface area contributed by atoms with Crippen molar-refractivity contribution in [3.8, 4) is 5.75 Å². The molecule has 3 heteroatoms. The van der Waals surface area contributed by atoms with Crippen LogP contribution in [0.3, 0.4) is 0 Å². The highest BCUT2D eigenvalue weighted by molar-refractivity contribution is 9.10. The molecule has 1 atom stereocenters. The second kappa shape index (κ2) is 6.42. The van der Waals surface area contributed by atoms with Crippen molar-refractivity contribution in [2.24, 2.45) is 0 Å². The zero-order valence-electron chi connectivity index (χ0n) is 11.8. The van der Waals surface area contributed by atoms with Crippen LogP contribution in [0.15, 0.2) is 53.0 Å². The maximum Gasteiger partial charge on any atom is 0.125 e. The van der Waals surface area contributed by atoms with E-state index in [1.165, 1.54) is 0 Å². The third kappa shape index (κ3) is 3.22. The van der Waals surface area contributed by atoms with Gasteiger partial charge in [0.1, 0.15) is 11.4 Å². The van der Waals surface area contributed by atoms with Crippen LogP contribution in [0.5, 0.6) is 5.75 Å². The minimum Gasteiger partial charge on any atom is -0.493 e. The van der Waals surface area contributed by atoms with Crippen molar-refractivity contribution in [2.45, 2.75) is 25.9 Å². The highest BCUT2D eigenvalue weighted by atomic mass is 79.9. The number of aliphatic hydroxyl groups is 1. The monoisotopic (exact) mass is 334 g/mol. The lowest BCUT2D eigenvalue weighted by Crippen LogP contribution is -2.23. The van der Waals surface area contributed by atoms with Crippen molar-refractivity contribution >= 4 is 15.9 Å². The Hall–Kier alpha value is -1.32. The van der Waals surface area contributed by atoms with E-state index >= 15 is 0 Å². The molecule has 0 bridgehead atoms. The molecule has 0 saturated carbocycles. The molecule has 0 heterocycles. The van der Waals surface area contributed by atoms with Crippen molar-refractivity contribution < 1.29 is 9.84 Å². The third-order valence-electron chi connectivity index (χ3n) is 3.26. The van der Waals surface area contributed by atoms with E-state index in [2.05, 4.69) is 22.9 Å². The SMILES string of the molecule is CCCOc1ccccc1C(C)(O)c1cccc(Br)c1. The summed E-state index contributed by atoms with van der Waals surface area (Å²) in [6, 6.07) is 15.4.